The second kappa shape index (κ2) is 12.0. The number of methoxy groups -OCH3 is 1. The fraction of sp³-hybridized carbons (Fsp3) is 0.400. The first-order chi connectivity index (χ1) is 20.8. The van der Waals surface area contributed by atoms with Gasteiger partial charge in [-0.15, -0.1) is 11.3 Å². The molecule has 5 heterocycles. The highest BCUT2D eigenvalue weighted by Crippen LogP contribution is 2.38. The summed E-state index contributed by atoms with van der Waals surface area (Å²) in [5.41, 5.74) is 2.70. The van der Waals surface area contributed by atoms with Crippen LogP contribution in [0.5, 0.6) is 11.5 Å². The summed E-state index contributed by atoms with van der Waals surface area (Å²) < 4.78 is 13.3. The number of amides is 3. The number of aryl methyl sites for hydroxylation is 2. The zero-order valence-corrected chi connectivity index (χ0v) is 25.1. The molecule has 2 bridgehead atoms. The molecular formula is C30H33N7O5S. The Labute approximate surface area is 252 Å². The molecule has 0 aliphatic carbocycles. The lowest BCUT2D eigenvalue weighted by Crippen LogP contribution is -2.39. The van der Waals surface area contributed by atoms with Crippen molar-refractivity contribution < 1.29 is 23.9 Å². The van der Waals surface area contributed by atoms with Crippen LogP contribution in [0.1, 0.15) is 48.6 Å². The van der Waals surface area contributed by atoms with E-state index in [4.69, 9.17) is 9.47 Å². The Kier molecular flexibility index (Phi) is 7.98. The molecule has 2 aliphatic rings. The molecule has 0 radical (unpaired) electrons. The molecule has 13 heteroatoms. The van der Waals surface area contributed by atoms with E-state index in [0.29, 0.717) is 65.9 Å². The summed E-state index contributed by atoms with van der Waals surface area (Å²) in [6, 6.07) is 9.10. The van der Waals surface area contributed by atoms with Crippen LogP contribution >= 0.6 is 11.3 Å². The quantitative estimate of drug-likeness (QED) is 0.378. The first kappa shape index (κ1) is 28.6. The van der Waals surface area contributed by atoms with Crippen molar-refractivity contribution in [2.45, 2.75) is 26.2 Å². The molecule has 3 amide bonds. The summed E-state index contributed by atoms with van der Waals surface area (Å²) in [5, 5.41) is 8.05. The predicted molar refractivity (Wildman–Crippen MR) is 159 cm³/mol. The number of thiazole rings is 1. The Hall–Kier alpha value is -4.52. The highest BCUT2D eigenvalue weighted by molar-refractivity contribution is 7.13. The second-order valence-corrected chi connectivity index (χ2v) is 11.9. The van der Waals surface area contributed by atoms with Crippen molar-refractivity contribution in [2.75, 3.05) is 46.4 Å². The van der Waals surface area contributed by atoms with Crippen molar-refractivity contribution >= 4 is 34.7 Å². The molecule has 0 spiro atoms. The molecule has 2 atom stereocenters. The van der Waals surface area contributed by atoms with E-state index in [-0.39, 0.29) is 36.8 Å². The number of aromatic nitrogens is 4. The second-order valence-electron chi connectivity index (χ2n) is 10.7. The van der Waals surface area contributed by atoms with Crippen LogP contribution < -0.4 is 14.8 Å². The molecule has 224 valence electrons. The molecule has 1 N–H and O–H groups in total. The van der Waals surface area contributed by atoms with Crippen LogP contribution in [0.4, 0.5) is 0 Å². The first-order valence-corrected chi connectivity index (χ1v) is 15.0. The summed E-state index contributed by atoms with van der Waals surface area (Å²) >= 11 is 1.38. The number of carbonyl (C=O) groups is 3. The van der Waals surface area contributed by atoms with Crippen molar-refractivity contribution in [2.24, 2.45) is 5.92 Å². The van der Waals surface area contributed by atoms with Gasteiger partial charge >= 0.3 is 0 Å². The van der Waals surface area contributed by atoms with E-state index in [9.17, 15) is 14.4 Å². The Morgan fingerprint density at radius 1 is 1.07 bits per heavy atom. The summed E-state index contributed by atoms with van der Waals surface area (Å²) in [6.45, 7) is 5.83. The molecular weight excluding hydrogens is 570 g/mol. The Balaban J connectivity index is 1.26. The van der Waals surface area contributed by atoms with Crippen LogP contribution in [0.15, 0.2) is 42.9 Å². The highest BCUT2D eigenvalue weighted by atomic mass is 32.1. The number of hydrogen-bond donors (Lipinski definition) is 1. The molecule has 4 aromatic rings. The summed E-state index contributed by atoms with van der Waals surface area (Å²) in [7, 11) is 1.57. The lowest BCUT2D eigenvalue weighted by atomic mass is 9.88. The van der Waals surface area contributed by atoms with Gasteiger partial charge in [0.15, 0.2) is 17.1 Å². The number of pyridine rings is 1. The third kappa shape index (κ3) is 5.76. The molecule has 43 heavy (non-hydrogen) atoms. The number of benzene rings is 1. The Morgan fingerprint density at radius 3 is 2.70 bits per heavy atom. The lowest BCUT2D eigenvalue weighted by molar-refractivity contribution is -0.124. The van der Waals surface area contributed by atoms with Gasteiger partial charge in [0.25, 0.3) is 11.8 Å². The number of hydrogen-bond acceptors (Lipinski definition) is 9. The van der Waals surface area contributed by atoms with E-state index in [0.717, 1.165) is 10.6 Å². The zero-order valence-electron chi connectivity index (χ0n) is 24.3. The van der Waals surface area contributed by atoms with Crippen molar-refractivity contribution in [3.05, 3.63) is 69.6 Å². The maximum absolute atomic E-state index is 13.6. The zero-order chi connectivity index (χ0) is 30.1. The topological polar surface area (TPSA) is 131 Å². The van der Waals surface area contributed by atoms with Gasteiger partial charge in [0.1, 0.15) is 17.8 Å². The standard InChI is InChI=1S/C30H33N7O5S/c1-18-27(43-19(2)34-18)30(40)35-10-4-9-31-28(38)23-16-36(29(39)21-6-8-26-32-17-33-37(26)14-21)15-22(23)20-5-7-24(41-3)25(13-20)42-12-11-35/h5-8,13-14,17,22-23H,4,9-12,15-16H2,1-3H3,(H,31,38)/t22-,23+/m1/s1. The number of ether oxygens (including phenoxy) is 2. The van der Waals surface area contributed by atoms with Gasteiger partial charge in [0.2, 0.25) is 5.91 Å². The number of rotatable bonds is 3. The molecule has 6 rings (SSSR count). The van der Waals surface area contributed by atoms with Gasteiger partial charge in [0, 0.05) is 38.3 Å². The smallest absolute Gasteiger partial charge is 0.265 e. The molecule has 0 unspecified atom stereocenters. The normalized spacial score (nSPS) is 19.4. The third-order valence-corrected chi connectivity index (χ3v) is 9.05. The maximum atomic E-state index is 13.6. The van der Waals surface area contributed by atoms with Gasteiger partial charge in [-0.3, -0.25) is 14.4 Å². The van der Waals surface area contributed by atoms with Crippen molar-refractivity contribution in [1.82, 2.24) is 34.7 Å². The van der Waals surface area contributed by atoms with E-state index in [1.165, 1.54) is 17.7 Å². The largest absolute Gasteiger partial charge is 0.493 e. The summed E-state index contributed by atoms with van der Waals surface area (Å²) in [4.78, 5) is 53.3. The van der Waals surface area contributed by atoms with Crippen LogP contribution in [0.2, 0.25) is 0 Å². The van der Waals surface area contributed by atoms with Gasteiger partial charge < -0.3 is 24.6 Å². The summed E-state index contributed by atoms with van der Waals surface area (Å²) in [6.07, 6.45) is 3.66. The minimum atomic E-state index is -0.469. The fourth-order valence-electron chi connectivity index (χ4n) is 5.80. The third-order valence-electron chi connectivity index (χ3n) is 7.99. The van der Waals surface area contributed by atoms with Crippen molar-refractivity contribution in [3.8, 4) is 11.5 Å². The van der Waals surface area contributed by atoms with Gasteiger partial charge in [-0.05, 0) is 50.1 Å². The van der Waals surface area contributed by atoms with Crippen LogP contribution in [0.25, 0.3) is 5.65 Å². The highest BCUT2D eigenvalue weighted by Gasteiger charge is 2.41. The number of fused-ring (bicyclic) bond motifs is 5. The molecule has 12 nitrogen and oxygen atoms in total. The van der Waals surface area contributed by atoms with Crippen molar-refractivity contribution in [1.29, 1.82) is 0 Å². The molecule has 1 saturated heterocycles. The number of carbonyl (C=O) groups excluding carboxylic acids is 3. The number of likely N-dealkylation sites (tertiary alicyclic amines) is 1. The number of nitrogens with zero attached hydrogens (tertiary/aromatic N) is 6. The van der Waals surface area contributed by atoms with E-state index >= 15 is 0 Å². The SMILES string of the molecule is COc1ccc2cc1OCCN(C(=O)c1sc(C)nc1C)CCCNC(=O)[C@H]1CN(C(=O)c3ccc4ncnn4c3)C[C@H]21. The average molecular weight is 604 g/mol. The van der Waals surface area contributed by atoms with E-state index in [1.54, 1.807) is 39.8 Å². The first-order valence-electron chi connectivity index (χ1n) is 14.2. The van der Waals surface area contributed by atoms with E-state index in [1.807, 2.05) is 32.0 Å². The van der Waals surface area contributed by atoms with Gasteiger partial charge in [-0.2, -0.15) is 5.10 Å². The van der Waals surface area contributed by atoms with Gasteiger partial charge in [-0.1, -0.05) is 6.07 Å². The summed E-state index contributed by atoms with van der Waals surface area (Å²) in [5.74, 6) is -0.0438. The van der Waals surface area contributed by atoms with Crippen molar-refractivity contribution in [3.63, 3.8) is 0 Å². The maximum Gasteiger partial charge on any atom is 0.265 e. The van der Waals surface area contributed by atoms with Gasteiger partial charge in [-0.25, -0.2) is 14.5 Å². The molecule has 1 fully saturated rings. The van der Waals surface area contributed by atoms with E-state index < -0.39 is 5.92 Å². The Morgan fingerprint density at radius 2 is 1.91 bits per heavy atom. The number of nitrogens with one attached hydrogen (secondary N) is 1. The average Bonchev–Trinajstić information content (AvgIpc) is 3.74. The predicted octanol–water partition coefficient (Wildman–Crippen LogP) is 2.71. The van der Waals surface area contributed by atoms with E-state index in [2.05, 4.69) is 20.4 Å². The van der Waals surface area contributed by atoms with Crippen LogP contribution in [0, 0.1) is 19.8 Å². The minimum absolute atomic E-state index is 0.0973. The van der Waals surface area contributed by atoms with Gasteiger partial charge in [0.05, 0.1) is 35.8 Å². The van der Waals surface area contributed by atoms with Crippen LogP contribution in [-0.2, 0) is 4.79 Å². The van der Waals surface area contributed by atoms with Crippen LogP contribution in [-0.4, -0.2) is 93.5 Å². The molecule has 2 aliphatic heterocycles. The monoisotopic (exact) mass is 603 g/mol. The molecule has 0 saturated carbocycles. The molecule has 3 aromatic heterocycles. The van der Waals surface area contributed by atoms with Crippen LogP contribution in [0.3, 0.4) is 0 Å². The minimum Gasteiger partial charge on any atom is -0.493 e. The Bertz CT molecular complexity index is 1680. The molecule has 1 aromatic carbocycles. The fourth-order valence-corrected chi connectivity index (χ4v) is 6.69. The lowest BCUT2D eigenvalue weighted by Gasteiger charge is -2.25.